The second kappa shape index (κ2) is 6.55. The van der Waals surface area contributed by atoms with Gasteiger partial charge >= 0.3 is 6.09 Å². The van der Waals surface area contributed by atoms with Crippen LogP contribution in [0.25, 0.3) is 0 Å². The average Bonchev–Trinajstić information content (AvgIpc) is 2.37. The molecule has 1 aliphatic carbocycles. The molecule has 122 valence electrons. The number of ether oxygens (including phenoxy) is 1. The van der Waals surface area contributed by atoms with E-state index in [9.17, 15) is 4.79 Å². The summed E-state index contributed by atoms with van der Waals surface area (Å²) in [6.45, 7) is 6.59. The van der Waals surface area contributed by atoms with E-state index < -0.39 is 5.60 Å². The second-order valence-electron chi connectivity index (χ2n) is 7.95. The molecule has 2 fully saturated rings. The molecule has 1 unspecified atom stereocenters. The minimum absolute atomic E-state index is 0.0689. The summed E-state index contributed by atoms with van der Waals surface area (Å²) in [5, 5.41) is 0. The average molecular weight is 296 g/mol. The molecule has 2 N–H and O–H groups in total. The van der Waals surface area contributed by atoms with E-state index in [1.54, 1.807) is 0 Å². The highest BCUT2D eigenvalue weighted by Crippen LogP contribution is 2.33. The van der Waals surface area contributed by atoms with Crippen LogP contribution in [0.2, 0.25) is 0 Å². The number of amides is 1. The summed E-state index contributed by atoms with van der Waals surface area (Å²) in [4.78, 5) is 14.4. The highest BCUT2D eigenvalue weighted by atomic mass is 16.6. The monoisotopic (exact) mass is 296 g/mol. The fourth-order valence-electron chi connectivity index (χ4n) is 3.70. The fraction of sp³-hybridized carbons (Fsp3) is 0.941. The molecule has 0 spiro atoms. The van der Waals surface area contributed by atoms with Gasteiger partial charge in [-0.2, -0.15) is 0 Å². The Morgan fingerprint density at radius 1 is 1.19 bits per heavy atom. The van der Waals surface area contributed by atoms with E-state index in [4.69, 9.17) is 10.5 Å². The Balaban J connectivity index is 1.99. The molecule has 0 bridgehead atoms. The van der Waals surface area contributed by atoms with Crippen LogP contribution in [0.1, 0.15) is 78.6 Å². The summed E-state index contributed by atoms with van der Waals surface area (Å²) < 4.78 is 5.58. The Bertz CT molecular complexity index is 356. The van der Waals surface area contributed by atoms with Crippen molar-refractivity contribution in [2.75, 3.05) is 6.54 Å². The first kappa shape index (κ1) is 16.6. The fourth-order valence-corrected chi connectivity index (χ4v) is 3.70. The van der Waals surface area contributed by atoms with E-state index >= 15 is 0 Å². The van der Waals surface area contributed by atoms with Crippen molar-refractivity contribution in [2.24, 2.45) is 5.73 Å². The van der Waals surface area contributed by atoms with Gasteiger partial charge in [-0.3, -0.25) is 0 Å². The lowest BCUT2D eigenvalue weighted by molar-refractivity contribution is 0.00502. The number of piperidine rings is 1. The van der Waals surface area contributed by atoms with Crippen LogP contribution in [0.15, 0.2) is 0 Å². The summed E-state index contributed by atoms with van der Waals surface area (Å²) >= 11 is 0. The van der Waals surface area contributed by atoms with E-state index in [-0.39, 0.29) is 17.7 Å². The third-order valence-electron chi connectivity index (χ3n) is 4.75. The molecule has 1 aliphatic heterocycles. The van der Waals surface area contributed by atoms with Crippen LogP contribution in [0.3, 0.4) is 0 Å². The molecule has 2 aliphatic rings. The summed E-state index contributed by atoms with van der Waals surface area (Å²) in [6, 6.07) is 0.261. The highest BCUT2D eigenvalue weighted by Gasteiger charge is 2.36. The van der Waals surface area contributed by atoms with Crippen molar-refractivity contribution >= 4 is 6.09 Å². The Morgan fingerprint density at radius 3 is 2.48 bits per heavy atom. The van der Waals surface area contributed by atoms with E-state index in [0.29, 0.717) is 0 Å². The Morgan fingerprint density at radius 2 is 1.86 bits per heavy atom. The van der Waals surface area contributed by atoms with Crippen LogP contribution in [0.5, 0.6) is 0 Å². The van der Waals surface area contributed by atoms with Crippen molar-refractivity contribution in [3.8, 4) is 0 Å². The third kappa shape index (κ3) is 4.87. The molecule has 2 rings (SSSR count). The molecule has 0 radical (unpaired) electrons. The summed E-state index contributed by atoms with van der Waals surface area (Å²) in [7, 11) is 0. The van der Waals surface area contributed by atoms with Crippen LogP contribution < -0.4 is 5.73 Å². The molecule has 1 saturated carbocycles. The smallest absolute Gasteiger partial charge is 0.410 e. The first-order chi connectivity index (χ1) is 9.79. The van der Waals surface area contributed by atoms with Crippen molar-refractivity contribution < 1.29 is 9.53 Å². The van der Waals surface area contributed by atoms with Crippen molar-refractivity contribution in [2.45, 2.75) is 95.7 Å². The number of nitrogens with two attached hydrogens (primary N) is 1. The molecule has 1 atom stereocenters. The van der Waals surface area contributed by atoms with Gasteiger partial charge in [0, 0.05) is 18.1 Å². The lowest BCUT2D eigenvalue weighted by Gasteiger charge is -2.42. The van der Waals surface area contributed by atoms with Crippen molar-refractivity contribution in [1.82, 2.24) is 4.90 Å². The van der Waals surface area contributed by atoms with Gasteiger partial charge in [0.25, 0.3) is 0 Å². The number of rotatable bonds is 2. The number of hydrogen-bond acceptors (Lipinski definition) is 3. The van der Waals surface area contributed by atoms with E-state index in [1.165, 1.54) is 25.7 Å². The molecule has 0 aromatic rings. The van der Waals surface area contributed by atoms with Gasteiger partial charge in [0.1, 0.15) is 5.60 Å². The lowest BCUT2D eigenvalue weighted by atomic mass is 9.77. The number of carbonyl (C=O) groups is 1. The van der Waals surface area contributed by atoms with Crippen LogP contribution in [-0.4, -0.2) is 34.7 Å². The molecular weight excluding hydrogens is 264 g/mol. The summed E-state index contributed by atoms with van der Waals surface area (Å²) in [6.07, 6.45) is 10.1. The maximum absolute atomic E-state index is 12.4. The maximum Gasteiger partial charge on any atom is 0.410 e. The molecule has 0 aromatic heterocycles. The predicted molar refractivity (Wildman–Crippen MR) is 85.2 cm³/mol. The molecule has 1 saturated heterocycles. The highest BCUT2D eigenvalue weighted by molar-refractivity contribution is 5.68. The van der Waals surface area contributed by atoms with Crippen LogP contribution in [0, 0.1) is 0 Å². The third-order valence-corrected chi connectivity index (χ3v) is 4.75. The minimum atomic E-state index is -0.426. The normalized spacial score (nSPS) is 26.5. The molecule has 4 nitrogen and oxygen atoms in total. The zero-order valence-electron chi connectivity index (χ0n) is 14.0. The largest absolute Gasteiger partial charge is 0.444 e. The van der Waals surface area contributed by atoms with Crippen molar-refractivity contribution in [3.63, 3.8) is 0 Å². The topological polar surface area (TPSA) is 55.6 Å². The van der Waals surface area contributed by atoms with Gasteiger partial charge in [-0.1, -0.05) is 19.3 Å². The zero-order valence-corrected chi connectivity index (χ0v) is 14.0. The van der Waals surface area contributed by atoms with E-state index in [2.05, 4.69) is 0 Å². The van der Waals surface area contributed by atoms with Crippen LogP contribution >= 0.6 is 0 Å². The summed E-state index contributed by atoms with van der Waals surface area (Å²) in [5.74, 6) is 0. The van der Waals surface area contributed by atoms with Gasteiger partial charge < -0.3 is 15.4 Å². The predicted octanol–water partition coefficient (Wildman–Crippen LogP) is 3.83. The number of likely N-dealkylation sites (tertiary alicyclic amines) is 1. The molecule has 21 heavy (non-hydrogen) atoms. The number of carbonyl (C=O) groups excluding carboxylic acids is 1. The number of nitrogens with zero attached hydrogens (tertiary/aromatic N) is 1. The van der Waals surface area contributed by atoms with E-state index in [0.717, 1.165) is 38.6 Å². The second-order valence-corrected chi connectivity index (χ2v) is 7.95. The molecule has 1 amide bonds. The molecule has 4 heteroatoms. The van der Waals surface area contributed by atoms with Gasteiger partial charge in [-0.15, -0.1) is 0 Å². The van der Waals surface area contributed by atoms with Gasteiger partial charge in [0.2, 0.25) is 0 Å². The zero-order chi connectivity index (χ0) is 15.5. The van der Waals surface area contributed by atoms with Gasteiger partial charge in [-0.05, 0) is 59.3 Å². The number of hydrogen-bond donors (Lipinski definition) is 1. The standard InChI is InChI=1S/C17H32N2O2/c1-16(2,3)21-15(20)19-12-8-5-9-14(19)13-17(18)10-6-4-7-11-17/h14H,4-13,18H2,1-3H3. The lowest BCUT2D eigenvalue weighted by Crippen LogP contribution is -2.52. The van der Waals surface area contributed by atoms with Gasteiger partial charge in [0.05, 0.1) is 0 Å². The van der Waals surface area contributed by atoms with E-state index in [1.807, 2.05) is 25.7 Å². The van der Waals surface area contributed by atoms with Gasteiger partial charge in [-0.25, -0.2) is 4.79 Å². The van der Waals surface area contributed by atoms with Crippen molar-refractivity contribution in [3.05, 3.63) is 0 Å². The van der Waals surface area contributed by atoms with Crippen LogP contribution in [-0.2, 0) is 4.74 Å². The molecular formula is C17H32N2O2. The summed E-state index contributed by atoms with van der Waals surface area (Å²) in [5.41, 5.74) is 6.11. The maximum atomic E-state index is 12.4. The Kier molecular flexibility index (Phi) is 5.18. The Labute approximate surface area is 129 Å². The van der Waals surface area contributed by atoms with Gasteiger partial charge in [0.15, 0.2) is 0 Å². The first-order valence-electron chi connectivity index (χ1n) is 8.58. The Hall–Kier alpha value is -0.770. The first-order valence-corrected chi connectivity index (χ1v) is 8.58. The molecule has 0 aromatic carbocycles. The minimum Gasteiger partial charge on any atom is -0.444 e. The quantitative estimate of drug-likeness (QED) is 0.842. The van der Waals surface area contributed by atoms with Crippen LogP contribution in [0.4, 0.5) is 4.79 Å². The van der Waals surface area contributed by atoms with Crippen molar-refractivity contribution in [1.29, 1.82) is 0 Å². The SMILES string of the molecule is CC(C)(C)OC(=O)N1CCCCC1CC1(N)CCCCC1. The molecule has 1 heterocycles.